The first-order chi connectivity index (χ1) is 10.4. The second-order valence-electron chi connectivity index (χ2n) is 6.37. The Bertz CT molecular complexity index is 410. The van der Waals surface area contributed by atoms with E-state index in [9.17, 15) is 0 Å². The first kappa shape index (κ1) is 14.9. The van der Waals surface area contributed by atoms with Crippen molar-refractivity contribution >= 4 is 0 Å². The summed E-state index contributed by atoms with van der Waals surface area (Å²) in [5.41, 5.74) is 7.05. The van der Waals surface area contributed by atoms with Crippen LogP contribution in [0.2, 0.25) is 0 Å². The molecule has 0 bridgehead atoms. The summed E-state index contributed by atoms with van der Waals surface area (Å²) in [7, 11) is 0. The highest BCUT2D eigenvalue weighted by Crippen LogP contribution is 2.26. The first-order valence-corrected chi connectivity index (χ1v) is 8.29. The quantitative estimate of drug-likeness (QED) is 0.885. The lowest BCUT2D eigenvalue weighted by molar-refractivity contribution is 0.116. The van der Waals surface area contributed by atoms with Gasteiger partial charge in [-0.15, -0.1) is 0 Å². The van der Waals surface area contributed by atoms with Crippen LogP contribution in [0.5, 0.6) is 0 Å². The summed E-state index contributed by atoms with van der Waals surface area (Å²) in [5, 5.41) is 0. The monoisotopic (exact) mass is 289 g/mol. The van der Waals surface area contributed by atoms with Gasteiger partial charge in [-0.05, 0) is 63.8 Å². The molecule has 1 unspecified atom stereocenters. The van der Waals surface area contributed by atoms with Gasteiger partial charge >= 0.3 is 0 Å². The number of rotatable bonds is 5. The van der Waals surface area contributed by atoms with Crippen LogP contribution in [0.25, 0.3) is 0 Å². The SMILES string of the molecule is NCC(c1ccncn1)N1CCC(CN2CCCC2)CC1. The zero-order chi connectivity index (χ0) is 14.5. The minimum atomic E-state index is 0.251. The van der Waals surface area contributed by atoms with Crippen molar-refractivity contribution < 1.29 is 0 Å². The molecule has 2 saturated heterocycles. The fraction of sp³-hybridized carbons (Fsp3) is 0.750. The van der Waals surface area contributed by atoms with Crippen molar-refractivity contribution in [1.29, 1.82) is 0 Å². The average Bonchev–Trinajstić information content (AvgIpc) is 3.04. The van der Waals surface area contributed by atoms with E-state index in [1.807, 2.05) is 12.3 Å². The second-order valence-corrected chi connectivity index (χ2v) is 6.37. The molecule has 3 heterocycles. The molecule has 0 aromatic carbocycles. The maximum absolute atomic E-state index is 5.99. The minimum absolute atomic E-state index is 0.251. The fourth-order valence-corrected chi connectivity index (χ4v) is 3.73. The summed E-state index contributed by atoms with van der Waals surface area (Å²) in [6.45, 7) is 6.84. The number of nitrogens with two attached hydrogens (primary N) is 1. The van der Waals surface area contributed by atoms with Crippen molar-refractivity contribution in [3.8, 4) is 0 Å². The fourth-order valence-electron chi connectivity index (χ4n) is 3.73. The average molecular weight is 289 g/mol. The van der Waals surface area contributed by atoms with Crippen LogP contribution in [0, 0.1) is 5.92 Å². The largest absolute Gasteiger partial charge is 0.329 e. The van der Waals surface area contributed by atoms with Crippen LogP contribution in [0.1, 0.15) is 37.4 Å². The number of piperidine rings is 1. The summed E-state index contributed by atoms with van der Waals surface area (Å²) < 4.78 is 0. The van der Waals surface area contributed by atoms with Gasteiger partial charge in [0.2, 0.25) is 0 Å². The molecule has 2 N–H and O–H groups in total. The lowest BCUT2D eigenvalue weighted by atomic mass is 9.94. The Morgan fingerprint density at radius 3 is 2.57 bits per heavy atom. The molecule has 2 aliphatic heterocycles. The van der Waals surface area contributed by atoms with Crippen LogP contribution in [0.3, 0.4) is 0 Å². The maximum Gasteiger partial charge on any atom is 0.115 e. The van der Waals surface area contributed by atoms with Crippen molar-refractivity contribution in [2.24, 2.45) is 11.7 Å². The molecule has 1 aromatic rings. The maximum atomic E-state index is 5.99. The molecule has 2 aliphatic rings. The Morgan fingerprint density at radius 1 is 1.19 bits per heavy atom. The number of likely N-dealkylation sites (tertiary alicyclic amines) is 2. The topological polar surface area (TPSA) is 58.3 Å². The van der Waals surface area contributed by atoms with Gasteiger partial charge in [-0.25, -0.2) is 9.97 Å². The van der Waals surface area contributed by atoms with Gasteiger partial charge in [-0.2, -0.15) is 0 Å². The van der Waals surface area contributed by atoms with Gasteiger partial charge < -0.3 is 10.6 Å². The summed E-state index contributed by atoms with van der Waals surface area (Å²) >= 11 is 0. The molecule has 1 aromatic heterocycles. The lowest BCUT2D eigenvalue weighted by Crippen LogP contribution is -2.42. The second kappa shape index (κ2) is 7.29. The molecule has 21 heavy (non-hydrogen) atoms. The summed E-state index contributed by atoms with van der Waals surface area (Å²) in [5.74, 6) is 0.864. The number of hydrogen-bond donors (Lipinski definition) is 1. The number of hydrogen-bond acceptors (Lipinski definition) is 5. The lowest BCUT2D eigenvalue weighted by Gasteiger charge is -2.37. The van der Waals surface area contributed by atoms with Gasteiger partial charge in [0.15, 0.2) is 0 Å². The molecule has 0 saturated carbocycles. The number of nitrogens with zero attached hydrogens (tertiary/aromatic N) is 4. The zero-order valence-corrected chi connectivity index (χ0v) is 12.8. The van der Waals surface area contributed by atoms with Gasteiger partial charge in [0.25, 0.3) is 0 Å². The van der Waals surface area contributed by atoms with E-state index in [4.69, 9.17) is 5.73 Å². The molecule has 5 nitrogen and oxygen atoms in total. The Labute approximate surface area is 127 Å². The third-order valence-electron chi connectivity index (χ3n) is 4.97. The molecule has 5 heteroatoms. The highest BCUT2D eigenvalue weighted by Gasteiger charge is 2.27. The normalized spacial score (nSPS) is 23.5. The molecule has 0 amide bonds. The van der Waals surface area contributed by atoms with Crippen LogP contribution in [0.4, 0.5) is 0 Å². The van der Waals surface area contributed by atoms with Crippen molar-refractivity contribution in [3.05, 3.63) is 24.3 Å². The molecule has 0 spiro atoms. The molecule has 0 aliphatic carbocycles. The molecular formula is C16H27N5. The highest BCUT2D eigenvalue weighted by molar-refractivity contribution is 5.06. The van der Waals surface area contributed by atoms with Gasteiger partial charge in [-0.1, -0.05) is 0 Å². The van der Waals surface area contributed by atoms with E-state index in [0.29, 0.717) is 6.54 Å². The van der Waals surface area contributed by atoms with E-state index in [2.05, 4.69) is 19.8 Å². The van der Waals surface area contributed by atoms with Crippen LogP contribution >= 0.6 is 0 Å². The molecule has 1 atom stereocenters. The van der Waals surface area contributed by atoms with Crippen molar-refractivity contribution in [3.63, 3.8) is 0 Å². The predicted molar refractivity (Wildman–Crippen MR) is 83.8 cm³/mol. The summed E-state index contributed by atoms with van der Waals surface area (Å²) in [6.07, 6.45) is 8.79. The van der Waals surface area contributed by atoms with Gasteiger partial charge in [0.1, 0.15) is 6.33 Å². The number of aromatic nitrogens is 2. The van der Waals surface area contributed by atoms with Crippen LogP contribution < -0.4 is 5.73 Å². The Kier molecular flexibility index (Phi) is 5.17. The molecule has 116 valence electrons. The van der Waals surface area contributed by atoms with E-state index in [1.54, 1.807) is 6.33 Å². The van der Waals surface area contributed by atoms with E-state index < -0.39 is 0 Å². The first-order valence-electron chi connectivity index (χ1n) is 8.29. The molecule has 0 radical (unpaired) electrons. The third kappa shape index (κ3) is 3.78. The Balaban J connectivity index is 1.52. The van der Waals surface area contributed by atoms with Crippen LogP contribution in [-0.2, 0) is 0 Å². The summed E-state index contributed by atoms with van der Waals surface area (Å²) in [6, 6.07) is 2.24. The minimum Gasteiger partial charge on any atom is -0.329 e. The molecule has 2 fully saturated rings. The van der Waals surface area contributed by atoms with Gasteiger partial charge in [0.05, 0.1) is 11.7 Å². The van der Waals surface area contributed by atoms with Crippen molar-refractivity contribution in [2.75, 3.05) is 39.3 Å². The molecular weight excluding hydrogens is 262 g/mol. The highest BCUT2D eigenvalue weighted by atomic mass is 15.2. The van der Waals surface area contributed by atoms with Crippen molar-refractivity contribution in [2.45, 2.75) is 31.7 Å². The van der Waals surface area contributed by atoms with E-state index in [1.165, 1.54) is 45.3 Å². The predicted octanol–water partition coefficient (Wildman–Crippen LogP) is 1.28. The van der Waals surface area contributed by atoms with Crippen molar-refractivity contribution in [1.82, 2.24) is 19.8 Å². The Hall–Kier alpha value is -1.04. The third-order valence-corrected chi connectivity index (χ3v) is 4.97. The van der Waals surface area contributed by atoms with E-state index in [0.717, 1.165) is 24.7 Å². The Morgan fingerprint density at radius 2 is 1.95 bits per heavy atom. The van der Waals surface area contributed by atoms with E-state index in [-0.39, 0.29) is 6.04 Å². The van der Waals surface area contributed by atoms with Gasteiger partial charge in [0, 0.05) is 19.3 Å². The van der Waals surface area contributed by atoms with Gasteiger partial charge in [-0.3, -0.25) is 4.90 Å². The van der Waals surface area contributed by atoms with E-state index >= 15 is 0 Å². The van der Waals surface area contributed by atoms with Crippen LogP contribution in [0.15, 0.2) is 18.6 Å². The smallest absolute Gasteiger partial charge is 0.115 e. The zero-order valence-electron chi connectivity index (χ0n) is 12.8. The van der Waals surface area contributed by atoms with Crippen LogP contribution in [-0.4, -0.2) is 59.0 Å². The summed E-state index contributed by atoms with van der Waals surface area (Å²) in [4.78, 5) is 13.5. The molecule has 3 rings (SSSR count). The standard InChI is InChI=1S/C16H27N5/c17-11-16(15-3-6-18-13-19-15)21-9-4-14(5-10-21)12-20-7-1-2-8-20/h3,6,13-14,16H,1-2,4-5,7-12,17H2.